The molecule has 9 heteroatoms. The van der Waals surface area contributed by atoms with Crippen molar-refractivity contribution in [1.82, 2.24) is 10.2 Å². The average Bonchev–Trinajstić information content (AvgIpc) is 2.77. The van der Waals surface area contributed by atoms with E-state index in [9.17, 15) is 18.0 Å². The maximum Gasteiger partial charge on any atom is 0.339 e. The van der Waals surface area contributed by atoms with Crippen molar-refractivity contribution in [3.05, 3.63) is 75.9 Å². The molecule has 1 fully saturated rings. The lowest BCUT2D eigenvalue weighted by Crippen LogP contribution is -2.53. The number of nitrogens with zero attached hydrogens (tertiary/aromatic N) is 1. The maximum absolute atomic E-state index is 13.1. The highest BCUT2D eigenvalue weighted by atomic mass is 32.2. The van der Waals surface area contributed by atoms with Gasteiger partial charge in [-0.05, 0) is 98.4 Å². The number of hydrogen-bond donors (Lipinski definition) is 1. The summed E-state index contributed by atoms with van der Waals surface area (Å²) in [5.41, 5.74) is 4.62. The fourth-order valence-corrected chi connectivity index (χ4v) is 5.54. The molecule has 2 aromatic carbocycles. The number of nitrogens with one attached hydrogen (secondary N) is 1. The van der Waals surface area contributed by atoms with E-state index in [0.29, 0.717) is 16.7 Å². The van der Waals surface area contributed by atoms with Crippen molar-refractivity contribution in [2.45, 2.75) is 39.5 Å². The lowest BCUT2D eigenvalue weighted by Gasteiger charge is -2.27. The molecule has 0 atom stereocenters. The summed E-state index contributed by atoms with van der Waals surface area (Å²) in [5, 5.41) is 2.50. The summed E-state index contributed by atoms with van der Waals surface area (Å²) in [5.74, 6) is -1.02. The first-order chi connectivity index (χ1) is 15.9. The second kappa shape index (κ2) is 9.52. The normalized spacial score (nSPS) is 15.5. The van der Waals surface area contributed by atoms with Crippen LogP contribution in [0.3, 0.4) is 0 Å². The summed E-state index contributed by atoms with van der Waals surface area (Å²) in [6.45, 7) is 13.0. The molecule has 0 bridgehead atoms. The SMILES string of the molecule is C=CCN1C(=O)/C(=C/c2ccc(OS(=O)(=O)c3c(C)c(C)c(C)c(C)c3C)cc2)C(=O)NC1=S. The van der Waals surface area contributed by atoms with Crippen LogP contribution in [0.15, 0.2) is 47.4 Å². The van der Waals surface area contributed by atoms with E-state index in [1.54, 1.807) is 26.0 Å². The summed E-state index contributed by atoms with van der Waals surface area (Å²) in [6, 6.07) is 6.07. The molecular weight excluding hydrogens is 472 g/mol. The third-order valence-corrected chi connectivity index (χ3v) is 7.92. The van der Waals surface area contributed by atoms with Crippen molar-refractivity contribution in [2.75, 3.05) is 6.54 Å². The zero-order valence-corrected chi connectivity index (χ0v) is 21.3. The largest absolute Gasteiger partial charge is 0.379 e. The van der Waals surface area contributed by atoms with Crippen LogP contribution in [0.5, 0.6) is 5.75 Å². The van der Waals surface area contributed by atoms with E-state index < -0.39 is 21.9 Å². The summed E-state index contributed by atoms with van der Waals surface area (Å²) in [4.78, 5) is 26.3. The van der Waals surface area contributed by atoms with Crippen LogP contribution in [0.1, 0.15) is 33.4 Å². The Morgan fingerprint density at radius 2 is 1.50 bits per heavy atom. The van der Waals surface area contributed by atoms with E-state index in [4.69, 9.17) is 16.4 Å². The quantitative estimate of drug-likeness (QED) is 0.214. The highest BCUT2D eigenvalue weighted by Gasteiger charge is 2.32. The second-order valence-electron chi connectivity index (χ2n) is 8.08. The fourth-order valence-electron chi connectivity index (χ4n) is 3.78. The molecule has 178 valence electrons. The average molecular weight is 499 g/mol. The third kappa shape index (κ3) is 4.67. The van der Waals surface area contributed by atoms with Gasteiger partial charge >= 0.3 is 10.1 Å². The monoisotopic (exact) mass is 498 g/mol. The summed E-state index contributed by atoms with van der Waals surface area (Å²) in [6.07, 6.45) is 2.92. The minimum Gasteiger partial charge on any atom is -0.379 e. The van der Waals surface area contributed by atoms with Gasteiger partial charge in [0.15, 0.2) is 5.11 Å². The highest BCUT2D eigenvalue weighted by Crippen LogP contribution is 2.31. The topological polar surface area (TPSA) is 92.8 Å². The van der Waals surface area contributed by atoms with Gasteiger partial charge in [-0.1, -0.05) is 18.2 Å². The second-order valence-corrected chi connectivity index (χ2v) is 9.95. The van der Waals surface area contributed by atoms with E-state index in [1.165, 1.54) is 29.2 Å². The molecule has 1 aliphatic rings. The molecule has 0 aliphatic carbocycles. The van der Waals surface area contributed by atoms with Crippen LogP contribution in [0.4, 0.5) is 0 Å². The van der Waals surface area contributed by atoms with Crippen molar-refractivity contribution >= 4 is 45.3 Å². The first-order valence-electron chi connectivity index (χ1n) is 10.5. The van der Waals surface area contributed by atoms with Gasteiger partial charge in [-0.3, -0.25) is 19.8 Å². The van der Waals surface area contributed by atoms with E-state index in [0.717, 1.165) is 16.7 Å². The minimum atomic E-state index is -4.08. The van der Waals surface area contributed by atoms with E-state index >= 15 is 0 Å². The van der Waals surface area contributed by atoms with E-state index in [1.807, 2.05) is 20.8 Å². The molecule has 1 N–H and O–H groups in total. The van der Waals surface area contributed by atoms with Gasteiger partial charge in [-0.2, -0.15) is 8.42 Å². The zero-order chi connectivity index (χ0) is 25.4. The van der Waals surface area contributed by atoms with Crippen LogP contribution in [0.2, 0.25) is 0 Å². The fraction of sp³-hybridized carbons (Fsp3) is 0.240. The van der Waals surface area contributed by atoms with Crippen molar-refractivity contribution < 1.29 is 22.2 Å². The molecule has 34 heavy (non-hydrogen) atoms. The maximum atomic E-state index is 13.1. The van der Waals surface area contributed by atoms with Gasteiger partial charge in [-0.25, -0.2) is 0 Å². The number of carbonyl (C=O) groups is 2. The number of rotatable bonds is 6. The molecule has 7 nitrogen and oxygen atoms in total. The minimum absolute atomic E-state index is 0.0215. The van der Waals surface area contributed by atoms with Gasteiger partial charge in [0.1, 0.15) is 16.2 Å². The van der Waals surface area contributed by atoms with Gasteiger partial charge in [0.05, 0.1) is 0 Å². The Balaban J connectivity index is 1.90. The van der Waals surface area contributed by atoms with Crippen molar-refractivity contribution in [2.24, 2.45) is 0 Å². The molecule has 2 amide bonds. The lowest BCUT2D eigenvalue weighted by molar-refractivity contribution is -0.128. The number of carbonyl (C=O) groups excluding carboxylic acids is 2. The number of hydrogen-bond acceptors (Lipinski definition) is 6. The molecule has 0 radical (unpaired) electrons. The Labute approximate surface area is 205 Å². The van der Waals surface area contributed by atoms with Crippen LogP contribution in [0, 0.1) is 34.6 Å². The lowest BCUT2D eigenvalue weighted by atomic mass is 9.95. The molecule has 2 aromatic rings. The summed E-state index contributed by atoms with van der Waals surface area (Å²) >= 11 is 5.04. The third-order valence-electron chi connectivity index (χ3n) is 6.08. The van der Waals surface area contributed by atoms with Crippen molar-refractivity contribution in [3.63, 3.8) is 0 Å². The summed E-state index contributed by atoms with van der Waals surface area (Å²) in [7, 11) is -4.08. The highest BCUT2D eigenvalue weighted by molar-refractivity contribution is 7.87. The van der Waals surface area contributed by atoms with Gasteiger partial charge in [0, 0.05) is 6.54 Å². The van der Waals surface area contributed by atoms with Gasteiger partial charge in [0.2, 0.25) is 0 Å². The smallest absolute Gasteiger partial charge is 0.339 e. The molecule has 0 unspecified atom stereocenters. The van der Waals surface area contributed by atoms with Crippen LogP contribution in [-0.2, 0) is 19.7 Å². The van der Waals surface area contributed by atoms with E-state index in [2.05, 4.69) is 11.9 Å². The van der Waals surface area contributed by atoms with Crippen LogP contribution < -0.4 is 9.50 Å². The number of amides is 2. The van der Waals surface area contributed by atoms with Crippen molar-refractivity contribution in [3.8, 4) is 5.75 Å². The Hall–Kier alpha value is -3.30. The Morgan fingerprint density at radius 3 is 2.03 bits per heavy atom. The van der Waals surface area contributed by atoms with Crippen LogP contribution in [-0.4, -0.2) is 36.8 Å². The van der Waals surface area contributed by atoms with Gasteiger partial charge < -0.3 is 4.18 Å². The predicted octanol–water partition coefficient (Wildman–Crippen LogP) is 3.81. The molecule has 1 saturated heterocycles. The molecule has 0 saturated carbocycles. The van der Waals surface area contributed by atoms with E-state index in [-0.39, 0.29) is 27.9 Å². The molecule has 0 aromatic heterocycles. The predicted molar refractivity (Wildman–Crippen MR) is 135 cm³/mol. The van der Waals surface area contributed by atoms with Gasteiger partial charge in [-0.15, -0.1) is 6.58 Å². The first kappa shape index (κ1) is 25.3. The van der Waals surface area contributed by atoms with Crippen LogP contribution >= 0.6 is 12.2 Å². The molecular formula is C25H26N2O5S2. The Morgan fingerprint density at radius 1 is 0.971 bits per heavy atom. The molecule has 1 heterocycles. The van der Waals surface area contributed by atoms with Crippen molar-refractivity contribution in [1.29, 1.82) is 0 Å². The molecule has 3 rings (SSSR count). The standard InChI is InChI=1S/C25H26N2O5S2/c1-7-12-27-24(29)21(23(28)26-25(27)33)13-19-8-10-20(11-9-19)32-34(30,31)22-17(5)15(3)14(2)16(4)18(22)6/h7-11,13H,1,12H2,2-6H3,(H,26,28,33)/b21-13+. The Kier molecular flexibility index (Phi) is 7.09. The van der Waals surface area contributed by atoms with Gasteiger partial charge in [0.25, 0.3) is 11.8 Å². The first-order valence-corrected chi connectivity index (χ1v) is 12.3. The summed E-state index contributed by atoms with van der Waals surface area (Å²) < 4.78 is 31.7. The number of benzene rings is 2. The zero-order valence-electron chi connectivity index (χ0n) is 19.7. The molecule has 0 spiro atoms. The number of thiocarbonyl (C=S) groups is 1. The van der Waals surface area contributed by atoms with Crippen LogP contribution in [0.25, 0.3) is 6.08 Å². The molecule has 1 aliphatic heterocycles. The Bertz CT molecular complexity index is 1330.